The SMILES string of the molecule is Cn1c(C#N)c[nH]c1=O. The summed E-state index contributed by atoms with van der Waals surface area (Å²) in [6.45, 7) is 0. The molecule has 4 nitrogen and oxygen atoms in total. The molecule has 1 heterocycles. The molecular formula is C5H5N3O. The minimum Gasteiger partial charge on any atom is -0.311 e. The van der Waals surface area contributed by atoms with E-state index in [4.69, 9.17) is 5.26 Å². The van der Waals surface area contributed by atoms with Crippen LogP contribution < -0.4 is 5.69 Å². The Morgan fingerprint density at radius 1 is 1.89 bits per heavy atom. The van der Waals surface area contributed by atoms with E-state index in [0.717, 1.165) is 0 Å². The van der Waals surface area contributed by atoms with Crippen molar-refractivity contribution in [1.29, 1.82) is 5.26 Å². The van der Waals surface area contributed by atoms with Crippen LogP contribution in [-0.2, 0) is 7.05 Å². The van der Waals surface area contributed by atoms with Crippen LogP contribution in [0.5, 0.6) is 0 Å². The topological polar surface area (TPSA) is 61.6 Å². The van der Waals surface area contributed by atoms with Crippen molar-refractivity contribution in [2.75, 3.05) is 0 Å². The van der Waals surface area contributed by atoms with E-state index in [0.29, 0.717) is 5.69 Å². The Hall–Kier alpha value is -1.50. The van der Waals surface area contributed by atoms with Gasteiger partial charge in [-0.1, -0.05) is 0 Å². The molecule has 1 rings (SSSR count). The predicted molar refractivity (Wildman–Crippen MR) is 30.7 cm³/mol. The normalized spacial score (nSPS) is 8.89. The van der Waals surface area contributed by atoms with Crippen molar-refractivity contribution in [3.05, 3.63) is 22.4 Å². The summed E-state index contributed by atoms with van der Waals surface area (Å²) >= 11 is 0. The molecule has 0 aliphatic rings. The van der Waals surface area contributed by atoms with Gasteiger partial charge < -0.3 is 4.98 Å². The van der Waals surface area contributed by atoms with E-state index in [1.807, 2.05) is 6.07 Å². The fourth-order valence-electron chi connectivity index (χ4n) is 0.540. The van der Waals surface area contributed by atoms with Crippen molar-refractivity contribution in [2.24, 2.45) is 7.05 Å². The molecule has 0 saturated carbocycles. The second-order valence-corrected chi connectivity index (χ2v) is 1.65. The van der Waals surface area contributed by atoms with E-state index in [-0.39, 0.29) is 5.69 Å². The highest BCUT2D eigenvalue weighted by Gasteiger charge is 1.96. The standard InChI is InChI=1S/C5H5N3O/c1-8-4(2-6)3-7-5(8)9/h3H,1H3,(H,7,9). The molecule has 0 saturated heterocycles. The third-order valence-corrected chi connectivity index (χ3v) is 1.11. The molecule has 0 aromatic carbocycles. The maximum Gasteiger partial charge on any atom is 0.326 e. The number of imidazole rings is 1. The molecule has 0 spiro atoms. The summed E-state index contributed by atoms with van der Waals surface area (Å²) < 4.78 is 1.25. The van der Waals surface area contributed by atoms with E-state index in [1.54, 1.807) is 0 Å². The van der Waals surface area contributed by atoms with Gasteiger partial charge in [0, 0.05) is 13.2 Å². The molecule has 0 radical (unpaired) electrons. The summed E-state index contributed by atoms with van der Waals surface area (Å²) in [5.41, 5.74) is 0.0894. The van der Waals surface area contributed by atoms with Gasteiger partial charge in [-0.05, 0) is 0 Å². The fourth-order valence-corrected chi connectivity index (χ4v) is 0.540. The first-order valence-electron chi connectivity index (χ1n) is 2.40. The Kier molecular flexibility index (Phi) is 1.12. The smallest absolute Gasteiger partial charge is 0.311 e. The average molecular weight is 123 g/mol. The minimum atomic E-state index is -0.258. The van der Waals surface area contributed by atoms with Crippen molar-refractivity contribution in [3.63, 3.8) is 0 Å². The molecule has 1 aromatic rings. The lowest BCUT2D eigenvalue weighted by Gasteiger charge is -1.83. The van der Waals surface area contributed by atoms with Crippen molar-refractivity contribution in [2.45, 2.75) is 0 Å². The highest BCUT2D eigenvalue weighted by molar-refractivity contribution is 5.16. The van der Waals surface area contributed by atoms with Crippen LogP contribution in [0.1, 0.15) is 5.69 Å². The quantitative estimate of drug-likeness (QED) is 0.509. The van der Waals surface area contributed by atoms with Gasteiger partial charge in [-0.2, -0.15) is 5.26 Å². The Balaban J connectivity index is 3.41. The zero-order chi connectivity index (χ0) is 6.85. The second-order valence-electron chi connectivity index (χ2n) is 1.65. The summed E-state index contributed by atoms with van der Waals surface area (Å²) in [7, 11) is 1.54. The largest absolute Gasteiger partial charge is 0.326 e. The molecule has 1 aromatic heterocycles. The molecule has 0 fully saturated rings. The van der Waals surface area contributed by atoms with Gasteiger partial charge in [-0.3, -0.25) is 4.57 Å². The number of rotatable bonds is 0. The Bertz CT molecular complexity index is 301. The van der Waals surface area contributed by atoms with Gasteiger partial charge in [-0.15, -0.1) is 0 Å². The van der Waals surface area contributed by atoms with Crippen LogP contribution in [0.2, 0.25) is 0 Å². The zero-order valence-corrected chi connectivity index (χ0v) is 4.88. The molecule has 0 bridgehead atoms. The van der Waals surface area contributed by atoms with Crippen LogP contribution in [0, 0.1) is 11.3 Å². The molecule has 0 aliphatic heterocycles. The van der Waals surface area contributed by atoms with Gasteiger partial charge in [-0.25, -0.2) is 4.79 Å². The van der Waals surface area contributed by atoms with Crippen molar-refractivity contribution in [3.8, 4) is 6.07 Å². The van der Waals surface area contributed by atoms with Crippen LogP contribution in [0.4, 0.5) is 0 Å². The summed E-state index contributed by atoms with van der Waals surface area (Å²) in [6.07, 6.45) is 1.38. The van der Waals surface area contributed by atoms with Crippen LogP contribution in [0.25, 0.3) is 0 Å². The first kappa shape index (κ1) is 5.63. The Morgan fingerprint density at radius 2 is 2.56 bits per heavy atom. The number of nitrogens with one attached hydrogen (secondary N) is 1. The molecule has 4 heteroatoms. The zero-order valence-electron chi connectivity index (χ0n) is 4.88. The second kappa shape index (κ2) is 1.78. The summed E-state index contributed by atoms with van der Waals surface area (Å²) in [6, 6.07) is 1.85. The number of nitriles is 1. The number of hydrogen-bond donors (Lipinski definition) is 1. The van der Waals surface area contributed by atoms with Crippen LogP contribution >= 0.6 is 0 Å². The molecule has 0 atom stereocenters. The molecule has 0 amide bonds. The number of nitrogens with zero attached hydrogens (tertiary/aromatic N) is 2. The Morgan fingerprint density at radius 3 is 2.78 bits per heavy atom. The monoisotopic (exact) mass is 123 g/mol. The van der Waals surface area contributed by atoms with Crippen molar-refractivity contribution in [1.82, 2.24) is 9.55 Å². The molecule has 0 unspecified atom stereocenters. The first-order chi connectivity index (χ1) is 4.25. The van der Waals surface area contributed by atoms with Crippen LogP contribution in [0.15, 0.2) is 11.0 Å². The molecule has 46 valence electrons. The number of hydrogen-bond acceptors (Lipinski definition) is 2. The summed E-state index contributed by atoms with van der Waals surface area (Å²) in [5.74, 6) is 0. The van der Waals surface area contributed by atoms with Gasteiger partial charge in [0.2, 0.25) is 0 Å². The van der Waals surface area contributed by atoms with Crippen LogP contribution in [-0.4, -0.2) is 9.55 Å². The highest BCUT2D eigenvalue weighted by atomic mass is 16.1. The van der Waals surface area contributed by atoms with Gasteiger partial charge in [0.25, 0.3) is 0 Å². The maximum atomic E-state index is 10.6. The molecular weight excluding hydrogens is 118 g/mol. The first-order valence-corrected chi connectivity index (χ1v) is 2.40. The lowest BCUT2D eigenvalue weighted by molar-refractivity contribution is 0.848. The lowest BCUT2D eigenvalue weighted by Crippen LogP contribution is -2.13. The van der Waals surface area contributed by atoms with Crippen molar-refractivity contribution < 1.29 is 0 Å². The Labute approximate surface area is 51.4 Å². The maximum absolute atomic E-state index is 10.6. The molecule has 9 heavy (non-hydrogen) atoms. The highest BCUT2D eigenvalue weighted by Crippen LogP contribution is 1.85. The number of aromatic nitrogens is 2. The third-order valence-electron chi connectivity index (χ3n) is 1.11. The van der Waals surface area contributed by atoms with Crippen LogP contribution in [0.3, 0.4) is 0 Å². The van der Waals surface area contributed by atoms with Gasteiger partial charge in [0.1, 0.15) is 11.8 Å². The van der Waals surface area contributed by atoms with Crippen molar-refractivity contribution >= 4 is 0 Å². The van der Waals surface area contributed by atoms with E-state index < -0.39 is 0 Å². The molecule has 1 N–H and O–H groups in total. The molecule has 0 aliphatic carbocycles. The van der Waals surface area contributed by atoms with E-state index >= 15 is 0 Å². The number of H-pyrrole nitrogens is 1. The van der Waals surface area contributed by atoms with Gasteiger partial charge >= 0.3 is 5.69 Å². The van der Waals surface area contributed by atoms with Gasteiger partial charge in [0.05, 0.1) is 0 Å². The fraction of sp³-hybridized carbons (Fsp3) is 0.200. The third kappa shape index (κ3) is 0.722. The summed E-state index contributed by atoms with van der Waals surface area (Å²) in [4.78, 5) is 12.9. The lowest BCUT2D eigenvalue weighted by atomic mass is 10.5. The summed E-state index contributed by atoms with van der Waals surface area (Å²) in [5, 5.41) is 8.30. The minimum absolute atomic E-state index is 0.258. The van der Waals surface area contributed by atoms with E-state index in [9.17, 15) is 4.79 Å². The van der Waals surface area contributed by atoms with E-state index in [2.05, 4.69) is 4.98 Å². The predicted octanol–water partition coefficient (Wildman–Crippen LogP) is -0.415. The van der Waals surface area contributed by atoms with Gasteiger partial charge in [0.15, 0.2) is 0 Å². The number of aromatic amines is 1. The van der Waals surface area contributed by atoms with E-state index in [1.165, 1.54) is 17.8 Å². The average Bonchev–Trinajstić information content (AvgIpc) is 2.15.